The molecule has 2 unspecified atom stereocenters. The highest BCUT2D eigenvalue weighted by atomic mass is 16.5. The average Bonchev–Trinajstić information content (AvgIpc) is 2.86. The van der Waals surface area contributed by atoms with Gasteiger partial charge in [0.05, 0.1) is 18.8 Å². The lowest BCUT2D eigenvalue weighted by Gasteiger charge is -2.31. The first-order valence-electron chi connectivity index (χ1n) is 8.46. The second-order valence-corrected chi connectivity index (χ2v) is 5.92. The number of nitrogens with two attached hydrogens (primary N) is 1. The number of hydrogen-bond acceptors (Lipinski definition) is 5. The van der Waals surface area contributed by atoms with Gasteiger partial charge in [-0.25, -0.2) is 0 Å². The Morgan fingerprint density at radius 2 is 1.76 bits per heavy atom. The van der Waals surface area contributed by atoms with E-state index in [4.69, 9.17) is 15.2 Å². The van der Waals surface area contributed by atoms with Crippen molar-refractivity contribution in [3.8, 4) is 0 Å². The Balaban J connectivity index is 2.36. The molecule has 0 aliphatic heterocycles. The fourth-order valence-corrected chi connectivity index (χ4v) is 3.16. The second-order valence-electron chi connectivity index (χ2n) is 5.92. The first kappa shape index (κ1) is 18.8. The summed E-state index contributed by atoms with van der Waals surface area (Å²) in [6, 6.07) is 0. The van der Waals surface area contributed by atoms with Gasteiger partial charge in [-0.3, -0.25) is 4.90 Å². The summed E-state index contributed by atoms with van der Waals surface area (Å²) in [4.78, 5) is 2.38. The van der Waals surface area contributed by atoms with E-state index in [2.05, 4.69) is 4.90 Å². The minimum Gasteiger partial charge on any atom is -0.388 e. The highest BCUT2D eigenvalue weighted by Gasteiger charge is 2.39. The van der Waals surface area contributed by atoms with Crippen LogP contribution in [0.15, 0.2) is 0 Å². The lowest BCUT2D eigenvalue weighted by Crippen LogP contribution is -2.43. The molecule has 3 N–H and O–H groups in total. The van der Waals surface area contributed by atoms with Gasteiger partial charge < -0.3 is 20.3 Å². The zero-order valence-corrected chi connectivity index (χ0v) is 13.9. The molecule has 1 aliphatic carbocycles. The van der Waals surface area contributed by atoms with Gasteiger partial charge >= 0.3 is 0 Å². The Labute approximate surface area is 129 Å². The van der Waals surface area contributed by atoms with Crippen molar-refractivity contribution in [3.63, 3.8) is 0 Å². The van der Waals surface area contributed by atoms with Crippen LogP contribution in [-0.4, -0.2) is 68.2 Å². The number of nitrogens with zero attached hydrogens (tertiary/aromatic N) is 1. The highest BCUT2D eigenvalue weighted by molar-refractivity contribution is 4.93. The molecule has 1 aliphatic rings. The molecule has 2 atom stereocenters. The van der Waals surface area contributed by atoms with E-state index in [-0.39, 0.29) is 0 Å². The predicted molar refractivity (Wildman–Crippen MR) is 85.4 cm³/mol. The predicted octanol–water partition coefficient (Wildman–Crippen LogP) is 1.24. The summed E-state index contributed by atoms with van der Waals surface area (Å²) in [5, 5.41) is 10.5. The van der Waals surface area contributed by atoms with Crippen molar-refractivity contribution in [2.75, 3.05) is 52.6 Å². The third kappa shape index (κ3) is 6.61. The van der Waals surface area contributed by atoms with E-state index in [1.807, 2.05) is 13.8 Å². The van der Waals surface area contributed by atoms with Crippen LogP contribution in [0.1, 0.15) is 39.5 Å². The Morgan fingerprint density at radius 1 is 1.14 bits per heavy atom. The quantitative estimate of drug-likeness (QED) is 0.531. The molecule has 126 valence electrons. The lowest BCUT2D eigenvalue weighted by atomic mass is 9.88. The molecule has 0 heterocycles. The van der Waals surface area contributed by atoms with Gasteiger partial charge in [-0.05, 0) is 45.6 Å². The molecule has 21 heavy (non-hydrogen) atoms. The number of hydrogen-bond donors (Lipinski definition) is 2. The van der Waals surface area contributed by atoms with Crippen molar-refractivity contribution < 1.29 is 14.6 Å². The molecule has 0 aromatic heterocycles. The third-order valence-corrected chi connectivity index (χ3v) is 4.58. The largest absolute Gasteiger partial charge is 0.388 e. The fourth-order valence-electron chi connectivity index (χ4n) is 3.16. The van der Waals surface area contributed by atoms with Gasteiger partial charge in [0.2, 0.25) is 0 Å². The molecule has 5 heteroatoms. The smallest absolute Gasteiger partial charge is 0.0797 e. The van der Waals surface area contributed by atoms with E-state index >= 15 is 0 Å². The SMILES string of the molecule is CCOCCN(CCOCC)CCC1CCCC1(O)CN. The zero-order valence-electron chi connectivity index (χ0n) is 13.9. The van der Waals surface area contributed by atoms with Gasteiger partial charge in [0.15, 0.2) is 0 Å². The molecule has 1 saturated carbocycles. The van der Waals surface area contributed by atoms with Crippen molar-refractivity contribution in [2.45, 2.75) is 45.1 Å². The first-order valence-corrected chi connectivity index (χ1v) is 8.46. The average molecular weight is 302 g/mol. The van der Waals surface area contributed by atoms with Gasteiger partial charge in [0.1, 0.15) is 0 Å². The molecule has 0 radical (unpaired) electrons. The normalized spacial score (nSPS) is 25.9. The Hall–Kier alpha value is -0.200. The Morgan fingerprint density at radius 3 is 2.29 bits per heavy atom. The van der Waals surface area contributed by atoms with E-state index in [1.165, 1.54) is 0 Å². The highest BCUT2D eigenvalue weighted by Crippen LogP contribution is 2.37. The maximum absolute atomic E-state index is 10.5. The van der Waals surface area contributed by atoms with Crippen molar-refractivity contribution in [3.05, 3.63) is 0 Å². The molecule has 1 rings (SSSR count). The third-order valence-electron chi connectivity index (χ3n) is 4.58. The molecular weight excluding hydrogens is 268 g/mol. The van der Waals surface area contributed by atoms with Crippen LogP contribution >= 0.6 is 0 Å². The maximum Gasteiger partial charge on any atom is 0.0797 e. The molecule has 0 bridgehead atoms. The van der Waals surface area contributed by atoms with Gasteiger partial charge in [0, 0.05) is 32.8 Å². The molecule has 5 nitrogen and oxygen atoms in total. The van der Waals surface area contributed by atoms with Crippen LogP contribution in [0.2, 0.25) is 0 Å². The van der Waals surface area contributed by atoms with E-state index in [0.717, 1.165) is 71.7 Å². The molecule has 0 aromatic carbocycles. The van der Waals surface area contributed by atoms with Gasteiger partial charge in [-0.15, -0.1) is 0 Å². The van der Waals surface area contributed by atoms with E-state index < -0.39 is 5.60 Å². The van der Waals surface area contributed by atoms with Crippen LogP contribution in [0.5, 0.6) is 0 Å². The Bertz CT molecular complexity index is 256. The summed E-state index contributed by atoms with van der Waals surface area (Å²) in [7, 11) is 0. The summed E-state index contributed by atoms with van der Waals surface area (Å²) < 4.78 is 10.9. The summed E-state index contributed by atoms with van der Waals surface area (Å²) in [6.45, 7) is 10.3. The van der Waals surface area contributed by atoms with E-state index in [1.54, 1.807) is 0 Å². The minimum atomic E-state index is -0.633. The van der Waals surface area contributed by atoms with Crippen molar-refractivity contribution >= 4 is 0 Å². The van der Waals surface area contributed by atoms with Crippen LogP contribution in [0.3, 0.4) is 0 Å². The van der Waals surface area contributed by atoms with Crippen molar-refractivity contribution in [1.29, 1.82) is 0 Å². The molecule has 0 spiro atoms. The lowest BCUT2D eigenvalue weighted by molar-refractivity contribution is 0.00216. The first-order chi connectivity index (χ1) is 10.2. The van der Waals surface area contributed by atoms with Crippen LogP contribution in [-0.2, 0) is 9.47 Å². The van der Waals surface area contributed by atoms with Crippen molar-refractivity contribution in [2.24, 2.45) is 11.7 Å². The van der Waals surface area contributed by atoms with E-state index in [9.17, 15) is 5.11 Å². The number of ether oxygens (including phenoxy) is 2. The maximum atomic E-state index is 10.5. The second kappa shape index (κ2) is 10.5. The molecular formula is C16H34N2O3. The van der Waals surface area contributed by atoms with Gasteiger partial charge in [0.25, 0.3) is 0 Å². The Kier molecular flexibility index (Phi) is 9.44. The molecule has 1 fully saturated rings. The molecule has 0 saturated heterocycles. The standard InChI is InChI=1S/C16H34N2O3/c1-3-20-12-10-18(11-13-21-4-2)9-7-15-6-5-8-16(15,19)14-17/h15,19H,3-14,17H2,1-2H3. The van der Waals surface area contributed by atoms with Gasteiger partial charge in [-0.2, -0.15) is 0 Å². The molecule has 0 amide bonds. The zero-order chi connectivity index (χ0) is 15.6. The molecule has 0 aromatic rings. The topological polar surface area (TPSA) is 68.0 Å². The van der Waals surface area contributed by atoms with Crippen LogP contribution in [0.4, 0.5) is 0 Å². The summed E-state index contributed by atoms with van der Waals surface area (Å²) >= 11 is 0. The number of aliphatic hydroxyl groups is 1. The van der Waals surface area contributed by atoms with Crippen LogP contribution < -0.4 is 5.73 Å². The summed E-state index contributed by atoms with van der Waals surface area (Å²) in [6.07, 6.45) is 4.05. The van der Waals surface area contributed by atoms with Gasteiger partial charge in [-0.1, -0.05) is 6.42 Å². The van der Waals surface area contributed by atoms with Crippen LogP contribution in [0.25, 0.3) is 0 Å². The summed E-state index contributed by atoms with van der Waals surface area (Å²) in [5.41, 5.74) is 5.12. The fraction of sp³-hybridized carbons (Fsp3) is 1.00. The summed E-state index contributed by atoms with van der Waals surface area (Å²) in [5.74, 6) is 0.337. The number of rotatable bonds is 12. The monoisotopic (exact) mass is 302 g/mol. The minimum absolute atomic E-state index is 0.337. The van der Waals surface area contributed by atoms with E-state index in [0.29, 0.717) is 12.5 Å². The van der Waals surface area contributed by atoms with Crippen LogP contribution in [0, 0.1) is 5.92 Å². The van der Waals surface area contributed by atoms with Crippen molar-refractivity contribution in [1.82, 2.24) is 4.90 Å².